The van der Waals surface area contributed by atoms with Crippen molar-refractivity contribution < 1.29 is 14.3 Å². The number of nitrogens with one attached hydrogen (secondary N) is 1. The summed E-state index contributed by atoms with van der Waals surface area (Å²) >= 11 is 2.66. The van der Waals surface area contributed by atoms with E-state index in [9.17, 15) is 9.59 Å². The monoisotopic (exact) mass is 493 g/mol. The highest BCUT2D eigenvalue weighted by atomic mass is 32.2. The highest BCUT2D eigenvalue weighted by Crippen LogP contribution is 2.32. The van der Waals surface area contributed by atoms with E-state index >= 15 is 0 Å². The molecule has 7 nitrogen and oxygen atoms in total. The Morgan fingerprint density at radius 1 is 1.09 bits per heavy atom. The number of fused-ring (bicyclic) bond motifs is 2. The molecular weight excluding hydrogens is 470 g/mol. The van der Waals surface area contributed by atoms with Crippen molar-refractivity contribution in [1.82, 2.24) is 14.9 Å². The van der Waals surface area contributed by atoms with Gasteiger partial charge in [-0.2, -0.15) is 0 Å². The summed E-state index contributed by atoms with van der Waals surface area (Å²) < 4.78 is 13.0. The van der Waals surface area contributed by atoms with E-state index in [-0.39, 0.29) is 24.0 Å². The Bertz CT molecular complexity index is 1440. The molecule has 5 rings (SSSR count). The summed E-state index contributed by atoms with van der Waals surface area (Å²) in [5.74, 6) is 1.41. The van der Waals surface area contributed by atoms with Gasteiger partial charge < -0.3 is 14.8 Å². The second-order valence-corrected chi connectivity index (χ2v) is 9.95. The molecule has 0 saturated carbocycles. The molecule has 174 valence electrons. The number of thiophene rings is 1. The lowest BCUT2D eigenvalue weighted by Gasteiger charge is -2.13. The number of nitrogens with zero attached hydrogens (tertiary/aromatic N) is 2. The number of aryl methyl sites for hydroxylation is 2. The van der Waals surface area contributed by atoms with Gasteiger partial charge in [0.05, 0.1) is 17.8 Å². The van der Waals surface area contributed by atoms with Crippen LogP contribution in [0.2, 0.25) is 0 Å². The van der Waals surface area contributed by atoms with E-state index in [1.807, 2.05) is 35.7 Å². The molecule has 0 fully saturated rings. The third kappa shape index (κ3) is 4.67. The van der Waals surface area contributed by atoms with E-state index in [1.54, 1.807) is 4.57 Å². The summed E-state index contributed by atoms with van der Waals surface area (Å²) in [6.07, 6.45) is 0. The quantitative estimate of drug-likeness (QED) is 0.306. The van der Waals surface area contributed by atoms with Gasteiger partial charge in [0, 0.05) is 6.54 Å². The maximum absolute atomic E-state index is 13.2. The van der Waals surface area contributed by atoms with Crippen LogP contribution in [0.25, 0.3) is 10.2 Å². The Hall–Kier alpha value is -3.30. The number of carbonyl (C=O) groups is 1. The number of carbonyl (C=O) groups excluding carboxylic acids is 1. The van der Waals surface area contributed by atoms with Crippen molar-refractivity contribution in [3.63, 3.8) is 0 Å². The molecule has 2 aromatic heterocycles. The molecule has 0 spiro atoms. The molecule has 34 heavy (non-hydrogen) atoms. The van der Waals surface area contributed by atoms with Gasteiger partial charge in [-0.15, -0.1) is 11.3 Å². The van der Waals surface area contributed by atoms with Crippen molar-refractivity contribution >= 4 is 39.2 Å². The summed E-state index contributed by atoms with van der Waals surface area (Å²) in [5, 5.41) is 5.32. The van der Waals surface area contributed by atoms with E-state index < -0.39 is 0 Å². The molecule has 0 unspecified atom stereocenters. The van der Waals surface area contributed by atoms with E-state index in [2.05, 4.69) is 36.3 Å². The summed E-state index contributed by atoms with van der Waals surface area (Å²) in [5.41, 5.74) is 4.91. The lowest BCUT2D eigenvalue weighted by atomic mass is 10.1. The second-order valence-electron chi connectivity index (χ2n) is 8.09. The van der Waals surface area contributed by atoms with E-state index in [0.717, 1.165) is 11.1 Å². The Labute approximate surface area is 204 Å². The van der Waals surface area contributed by atoms with Crippen molar-refractivity contribution in [2.24, 2.45) is 0 Å². The van der Waals surface area contributed by atoms with Gasteiger partial charge in [0.2, 0.25) is 12.7 Å². The van der Waals surface area contributed by atoms with Crippen LogP contribution in [0.3, 0.4) is 0 Å². The molecule has 2 aromatic carbocycles. The first-order valence-electron chi connectivity index (χ1n) is 10.8. The fraction of sp³-hybridized carbons (Fsp3) is 0.240. The van der Waals surface area contributed by atoms with Gasteiger partial charge in [0.25, 0.3) is 5.56 Å². The molecule has 0 aliphatic carbocycles. The number of amides is 1. The van der Waals surface area contributed by atoms with Crippen LogP contribution in [-0.4, -0.2) is 28.0 Å². The number of benzene rings is 2. The number of ether oxygens (including phenoxy) is 2. The highest BCUT2D eigenvalue weighted by molar-refractivity contribution is 7.99. The van der Waals surface area contributed by atoms with E-state index in [1.165, 1.54) is 34.2 Å². The fourth-order valence-corrected chi connectivity index (χ4v) is 5.30. The van der Waals surface area contributed by atoms with Crippen molar-refractivity contribution in [2.45, 2.75) is 32.1 Å². The molecule has 4 aromatic rings. The highest BCUT2D eigenvalue weighted by Gasteiger charge is 2.16. The molecule has 1 aliphatic heterocycles. The van der Waals surface area contributed by atoms with Crippen molar-refractivity contribution in [1.29, 1.82) is 0 Å². The van der Waals surface area contributed by atoms with Crippen LogP contribution in [-0.2, 0) is 17.9 Å². The number of thioether (sulfide) groups is 1. The molecule has 1 aliphatic rings. The second kappa shape index (κ2) is 9.52. The molecule has 1 N–H and O–H groups in total. The van der Waals surface area contributed by atoms with Gasteiger partial charge in [0.1, 0.15) is 4.70 Å². The molecule has 3 heterocycles. The van der Waals surface area contributed by atoms with Gasteiger partial charge in [0.15, 0.2) is 16.7 Å². The number of rotatable bonds is 7. The molecule has 0 saturated heterocycles. The zero-order valence-corrected chi connectivity index (χ0v) is 20.4. The average Bonchev–Trinajstić information content (AvgIpc) is 3.50. The predicted octanol–water partition coefficient (Wildman–Crippen LogP) is 4.26. The topological polar surface area (TPSA) is 82.5 Å². The zero-order chi connectivity index (χ0) is 23.7. The van der Waals surface area contributed by atoms with Gasteiger partial charge in [-0.25, -0.2) is 4.98 Å². The SMILES string of the molecule is Cc1ccc(Cn2c(SCC(=O)NCc3ccc4c(c3)OCO4)nc3ccsc3c2=O)cc1C. The summed E-state index contributed by atoms with van der Waals surface area (Å²) in [6, 6.07) is 13.6. The Kier molecular flexibility index (Phi) is 6.30. The van der Waals surface area contributed by atoms with Gasteiger partial charge >= 0.3 is 0 Å². The molecule has 9 heteroatoms. The lowest BCUT2D eigenvalue weighted by molar-refractivity contribution is -0.118. The number of aromatic nitrogens is 2. The standard InChI is InChI=1S/C25H23N3O4S2/c1-15-3-4-18(9-16(15)2)12-28-24(30)23-19(7-8-33-23)27-25(28)34-13-22(29)26-11-17-5-6-20-21(10-17)32-14-31-20/h3-10H,11-14H2,1-2H3,(H,26,29). The van der Waals surface area contributed by atoms with Crippen LogP contribution in [0.4, 0.5) is 0 Å². The number of hydrogen-bond acceptors (Lipinski definition) is 7. The normalized spacial score (nSPS) is 12.3. The van der Waals surface area contributed by atoms with E-state index in [4.69, 9.17) is 9.47 Å². The van der Waals surface area contributed by atoms with Gasteiger partial charge in [-0.1, -0.05) is 36.0 Å². The fourth-order valence-electron chi connectivity index (χ4n) is 3.69. The minimum atomic E-state index is -0.139. The predicted molar refractivity (Wildman–Crippen MR) is 134 cm³/mol. The summed E-state index contributed by atoms with van der Waals surface area (Å²) in [6.45, 7) is 5.12. The van der Waals surface area contributed by atoms with Crippen LogP contribution in [0.5, 0.6) is 11.5 Å². The van der Waals surface area contributed by atoms with Crippen molar-refractivity contribution in [2.75, 3.05) is 12.5 Å². The summed E-state index contributed by atoms with van der Waals surface area (Å²) in [4.78, 5) is 30.5. The van der Waals surface area contributed by atoms with Crippen LogP contribution >= 0.6 is 23.1 Å². The first-order chi connectivity index (χ1) is 16.5. The number of hydrogen-bond donors (Lipinski definition) is 1. The largest absolute Gasteiger partial charge is 0.454 e. The third-order valence-corrected chi connectivity index (χ3v) is 7.57. The van der Waals surface area contributed by atoms with Crippen molar-refractivity contribution in [3.8, 4) is 11.5 Å². The van der Waals surface area contributed by atoms with Crippen LogP contribution in [0.15, 0.2) is 57.8 Å². The third-order valence-electron chi connectivity index (χ3n) is 5.70. The Morgan fingerprint density at radius 3 is 2.76 bits per heavy atom. The first kappa shape index (κ1) is 22.5. The van der Waals surface area contributed by atoms with Gasteiger partial charge in [-0.05, 0) is 59.7 Å². The Morgan fingerprint density at radius 2 is 1.91 bits per heavy atom. The first-order valence-corrected chi connectivity index (χ1v) is 12.7. The molecule has 1 amide bonds. The maximum Gasteiger partial charge on any atom is 0.272 e. The van der Waals surface area contributed by atoms with Crippen LogP contribution in [0, 0.1) is 13.8 Å². The minimum Gasteiger partial charge on any atom is -0.454 e. The zero-order valence-electron chi connectivity index (χ0n) is 18.8. The van der Waals surface area contributed by atoms with Crippen molar-refractivity contribution in [3.05, 3.63) is 80.5 Å². The minimum absolute atomic E-state index is 0.0819. The summed E-state index contributed by atoms with van der Waals surface area (Å²) in [7, 11) is 0. The smallest absolute Gasteiger partial charge is 0.272 e. The maximum atomic E-state index is 13.2. The van der Waals surface area contributed by atoms with Gasteiger partial charge in [-0.3, -0.25) is 14.2 Å². The average molecular weight is 494 g/mol. The van der Waals surface area contributed by atoms with Crippen LogP contribution < -0.4 is 20.3 Å². The molecular formula is C25H23N3O4S2. The lowest BCUT2D eigenvalue weighted by Crippen LogP contribution is -2.26. The molecule has 0 atom stereocenters. The van der Waals surface area contributed by atoms with Crippen LogP contribution in [0.1, 0.15) is 22.3 Å². The molecule has 0 bridgehead atoms. The Balaban J connectivity index is 1.31. The molecule has 0 radical (unpaired) electrons. The van der Waals surface area contributed by atoms with E-state index in [0.29, 0.717) is 40.0 Å².